The van der Waals surface area contributed by atoms with Crippen LogP contribution in [0, 0.1) is 11.7 Å². The molecule has 5 rings (SSSR count). The van der Waals surface area contributed by atoms with E-state index < -0.39 is 0 Å². The number of halogens is 1. The van der Waals surface area contributed by atoms with Crippen molar-refractivity contribution < 1.29 is 28.2 Å². The third kappa shape index (κ3) is 5.36. The van der Waals surface area contributed by atoms with Gasteiger partial charge in [0.2, 0.25) is 11.8 Å². The number of nitrogens with one attached hydrogen (secondary N) is 2. The largest absolute Gasteiger partial charge is 0.490 e. The van der Waals surface area contributed by atoms with Crippen LogP contribution in [0.3, 0.4) is 0 Å². The molecule has 0 aromatic heterocycles. The number of carbonyl (C=O) groups excluding carboxylic acids is 3. The van der Waals surface area contributed by atoms with Crippen LogP contribution in [0.15, 0.2) is 42.5 Å². The Kier molecular flexibility index (Phi) is 6.91. The molecule has 0 radical (unpaired) electrons. The van der Waals surface area contributed by atoms with Crippen LogP contribution in [0.25, 0.3) is 0 Å². The van der Waals surface area contributed by atoms with Crippen molar-refractivity contribution in [1.29, 1.82) is 0 Å². The summed E-state index contributed by atoms with van der Waals surface area (Å²) < 4.78 is 26.0. The van der Waals surface area contributed by atoms with Gasteiger partial charge in [0.25, 0.3) is 5.91 Å². The van der Waals surface area contributed by atoms with E-state index in [0.29, 0.717) is 35.4 Å². The second-order valence-electron chi connectivity index (χ2n) is 9.72. The molecule has 2 N–H and O–H groups in total. The lowest BCUT2D eigenvalue weighted by atomic mass is 9.94. The maximum Gasteiger partial charge on any atom is 0.257 e. The van der Waals surface area contributed by atoms with Crippen molar-refractivity contribution in [2.45, 2.75) is 56.9 Å². The van der Waals surface area contributed by atoms with E-state index in [1.54, 1.807) is 48.3 Å². The van der Waals surface area contributed by atoms with E-state index in [1.807, 2.05) is 0 Å². The number of nitrogens with zero attached hydrogens (tertiary/aromatic N) is 1. The molecule has 2 fully saturated rings. The highest BCUT2D eigenvalue weighted by Crippen LogP contribution is 2.34. The van der Waals surface area contributed by atoms with Gasteiger partial charge in [0, 0.05) is 30.8 Å². The Morgan fingerprint density at radius 2 is 1.92 bits per heavy atom. The second kappa shape index (κ2) is 10.3. The molecule has 1 aliphatic carbocycles. The van der Waals surface area contributed by atoms with Gasteiger partial charge in [-0.1, -0.05) is 18.2 Å². The average molecular weight is 496 g/mol. The predicted molar refractivity (Wildman–Crippen MR) is 130 cm³/mol. The second-order valence-corrected chi connectivity index (χ2v) is 9.72. The van der Waals surface area contributed by atoms with Crippen LogP contribution in [0.1, 0.15) is 48.0 Å². The lowest BCUT2D eigenvalue weighted by Gasteiger charge is -2.42. The number of ether oxygens (including phenoxy) is 2. The molecule has 0 bridgehead atoms. The molecule has 2 aromatic carbocycles. The summed E-state index contributed by atoms with van der Waals surface area (Å²) in [5, 5.41) is 5.64. The van der Waals surface area contributed by atoms with Crippen LogP contribution in [0.5, 0.6) is 5.75 Å². The summed E-state index contributed by atoms with van der Waals surface area (Å²) in [6.45, 7) is 0.348. The molecule has 0 spiro atoms. The molecular weight excluding hydrogens is 465 g/mol. The summed E-state index contributed by atoms with van der Waals surface area (Å²) in [7, 11) is 1.75. The number of hydrogen-bond donors (Lipinski definition) is 2. The minimum Gasteiger partial charge on any atom is -0.490 e. The molecule has 3 atom stereocenters. The molecule has 2 aromatic rings. The molecule has 1 saturated carbocycles. The van der Waals surface area contributed by atoms with Crippen molar-refractivity contribution in [2.24, 2.45) is 5.92 Å². The van der Waals surface area contributed by atoms with Gasteiger partial charge in [0.05, 0.1) is 24.1 Å². The first kappa shape index (κ1) is 24.2. The Morgan fingerprint density at radius 1 is 1.11 bits per heavy atom. The van der Waals surface area contributed by atoms with Crippen LogP contribution in [0.4, 0.5) is 10.1 Å². The van der Waals surface area contributed by atoms with Crippen molar-refractivity contribution in [3.05, 3.63) is 59.4 Å². The van der Waals surface area contributed by atoms with Gasteiger partial charge in [-0.05, 0) is 49.9 Å². The number of carbonyl (C=O) groups is 3. The molecule has 1 saturated heterocycles. The SMILES string of the molecule is CN1C(=O)c2cc(NC(=O)C3CC3)ccc2OC[C@@H]2O[C@@H](CC(=O)NCc3ccccc3F)CC[C@H]21. The van der Waals surface area contributed by atoms with Crippen LogP contribution in [0.2, 0.25) is 0 Å². The van der Waals surface area contributed by atoms with E-state index in [1.165, 1.54) is 6.07 Å². The molecule has 0 unspecified atom stereocenters. The van der Waals surface area contributed by atoms with E-state index in [4.69, 9.17) is 9.47 Å². The Bertz CT molecular complexity index is 1170. The lowest BCUT2D eigenvalue weighted by molar-refractivity contribution is -0.134. The first-order chi connectivity index (χ1) is 17.4. The fourth-order valence-corrected chi connectivity index (χ4v) is 4.81. The summed E-state index contributed by atoms with van der Waals surface area (Å²) >= 11 is 0. The van der Waals surface area contributed by atoms with Crippen molar-refractivity contribution in [1.82, 2.24) is 10.2 Å². The van der Waals surface area contributed by atoms with E-state index >= 15 is 0 Å². The van der Waals surface area contributed by atoms with Crippen molar-refractivity contribution in [3.63, 3.8) is 0 Å². The van der Waals surface area contributed by atoms with Gasteiger partial charge in [-0.3, -0.25) is 14.4 Å². The van der Waals surface area contributed by atoms with E-state index in [0.717, 1.165) is 12.8 Å². The molecular formula is C27H30FN3O5. The van der Waals surface area contributed by atoms with Gasteiger partial charge in [-0.2, -0.15) is 0 Å². The summed E-state index contributed by atoms with van der Waals surface area (Å²) in [4.78, 5) is 39.6. The number of hydrogen-bond acceptors (Lipinski definition) is 5. The molecule has 3 amide bonds. The van der Waals surface area contributed by atoms with Crippen molar-refractivity contribution >= 4 is 23.4 Å². The zero-order chi connectivity index (χ0) is 25.2. The smallest absolute Gasteiger partial charge is 0.257 e. The predicted octanol–water partition coefficient (Wildman–Crippen LogP) is 3.26. The van der Waals surface area contributed by atoms with Crippen molar-refractivity contribution in [2.75, 3.05) is 19.0 Å². The Morgan fingerprint density at radius 3 is 2.69 bits per heavy atom. The normalized spacial score (nSPS) is 23.4. The number of rotatable bonds is 6. The third-order valence-corrected chi connectivity index (χ3v) is 7.07. The van der Waals surface area contributed by atoms with Crippen LogP contribution in [-0.2, 0) is 20.9 Å². The summed E-state index contributed by atoms with van der Waals surface area (Å²) in [6, 6.07) is 11.2. The van der Waals surface area contributed by atoms with Gasteiger partial charge >= 0.3 is 0 Å². The Hall–Kier alpha value is -3.46. The van der Waals surface area contributed by atoms with E-state index in [2.05, 4.69) is 10.6 Å². The maximum atomic E-state index is 13.8. The molecule has 9 heteroatoms. The standard InChI is InChI=1S/C27H30FN3O5/c1-31-22-10-9-19(13-25(32)29-14-17-4-2-3-5-21(17)28)36-24(22)15-35-23-11-8-18(12-20(23)27(31)34)30-26(33)16-6-7-16/h2-5,8,11-12,16,19,22,24H,6-7,9-10,13-15H2,1H3,(H,29,32)(H,30,33)/t19-,22-,24+/m1/s1. The topological polar surface area (TPSA) is 97.0 Å². The average Bonchev–Trinajstić information content (AvgIpc) is 3.72. The fraction of sp³-hybridized carbons (Fsp3) is 0.444. The van der Waals surface area contributed by atoms with Gasteiger partial charge in [-0.25, -0.2) is 4.39 Å². The molecule has 2 heterocycles. The Labute approximate surface area is 209 Å². The zero-order valence-electron chi connectivity index (χ0n) is 20.2. The highest BCUT2D eigenvalue weighted by atomic mass is 19.1. The minimum atomic E-state index is -0.389. The van der Waals surface area contributed by atoms with Crippen LogP contribution < -0.4 is 15.4 Å². The number of fused-ring (bicyclic) bond motifs is 2. The van der Waals surface area contributed by atoms with Gasteiger partial charge < -0.3 is 25.0 Å². The van der Waals surface area contributed by atoms with E-state index in [-0.39, 0.29) is 67.3 Å². The van der Waals surface area contributed by atoms with Gasteiger partial charge in [-0.15, -0.1) is 0 Å². The maximum absolute atomic E-state index is 13.8. The highest BCUT2D eigenvalue weighted by Gasteiger charge is 2.39. The lowest BCUT2D eigenvalue weighted by Crippen LogP contribution is -2.53. The molecule has 2 aliphatic heterocycles. The van der Waals surface area contributed by atoms with Crippen LogP contribution in [-0.4, -0.2) is 54.5 Å². The van der Waals surface area contributed by atoms with Gasteiger partial charge in [0.1, 0.15) is 24.3 Å². The number of anilines is 1. The van der Waals surface area contributed by atoms with E-state index in [9.17, 15) is 18.8 Å². The third-order valence-electron chi connectivity index (χ3n) is 7.07. The van der Waals surface area contributed by atoms with Crippen molar-refractivity contribution in [3.8, 4) is 5.75 Å². The Balaban J connectivity index is 1.21. The first-order valence-corrected chi connectivity index (χ1v) is 12.4. The fourth-order valence-electron chi connectivity index (χ4n) is 4.81. The summed E-state index contributed by atoms with van der Waals surface area (Å²) in [5.74, 6) is -0.297. The quantitative estimate of drug-likeness (QED) is 0.641. The van der Waals surface area contributed by atoms with Gasteiger partial charge in [0.15, 0.2) is 0 Å². The highest BCUT2D eigenvalue weighted by molar-refractivity contribution is 6.00. The summed E-state index contributed by atoms with van der Waals surface area (Å²) in [6.07, 6.45) is 2.51. The minimum absolute atomic E-state index is 0.0211. The summed E-state index contributed by atoms with van der Waals surface area (Å²) in [5.41, 5.74) is 1.41. The molecule has 3 aliphatic rings. The van der Waals surface area contributed by atoms with Crippen LogP contribution >= 0.6 is 0 Å². The molecule has 8 nitrogen and oxygen atoms in total. The number of likely N-dealkylation sites (N-methyl/N-ethyl adjacent to an activating group) is 1. The number of benzene rings is 2. The zero-order valence-corrected chi connectivity index (χ0v) is 20.2. The number of amides is 3. The monoisotopic (exact) mass is 495 g/mol. The molecule has 36 heavy (non-hydrogen) atoms. The first-order valence-electron chi connectivity index (χ1n) is 12.4. The molecule has 190 valence electrons.